The van der Waals surface area contributed by atoms with Crippen LogP contribution in [0, 0.1) is 12.3 Å². The average Bonchev–Trinajstić information content (AvgIpc) is 3.41. The van der Waals surface area contributed by atoms with Crippen LogP contribution >= 0.6 is 11.3 Å². The normalized spacial score (nSPS) is 14.7. The van der Waals surface area contributed by atoms with Crippen molar-refractivity contribution in [2.75, 3.05) is 7.05 Å². The second-order valence-electron chi connectivity index (χ2n) is 7.97. The molecule has 0 atom stereocenters. The lowest BCUT2D eigenvalue weighted by Gasteiger charge is -2.12. The van der Waals surface area contributed by atoms with Crippen LogP contribution in [-0.2, 0) is 4.79 Å². The van der Waals surface area contributed by atoms with E-state index in [-0.39, 0.29) is 12.0 Å². The summed E-state index contributed by atoms with van der Waals surface area (Å²) >= 11 is 1.73. The number of allylic oxidation sites excluding steroid dienone is 6. The Balaban J connectivity index is 0.000000523. The standard InChI is InChI=1S/C24H23NOS.C3H7NO/c1-4-17-14-19(12-13-22(17)26-16(2)3)24-25-15-23(27-24)21-10-6-5-8-18-9-7-11-20(18)21;1-3(5)4-2/h1,6,8,10,12-16H,5,7,9,11H2,2-3H3;1-2H3,(H,4,5). The number of thiazole rings is 1. The van der Waals surface area contributed by atoms with Gasteiger partial charge in [0.2, 0.25) is 5.91 Å². The van der Waals surface area contributed by atoms with Gasteiger partial charge in [0.1, 0.15) is 10.8 Å². The highest BCUT2D eigenvalue weighted by Crippen LogP contribution is 2.41. The molecule has 1 N–H and O–H groups in total. The second-order valence-corrected chi connectivity index (χ2v) is 9.00. The SMILES string of the molecule is C#Cc1cc(-c2ncc(C3=C4CCCC4=CCC=C3)s2)ccc1OC(C)C.CNC(C)=O. The van der Waals surface area contributed by atoms with E-state index in [1.807, 2.05) is 38.2 Å². The van der Waals surface area contributed by atoms with Gasteiger partial charge in [0.15, 0.2) is 0 Å². The van der Waals surface area contributed by atoms with Crippen molar-refractivity contribution in [2.45, 2.75) is 52.6 Å². The van der Waals surface area contributed by atoms with Gasteiger partial charge in [0, 0.05) is 25.7 Å². The van der Waals surface area contributed by atoms with E-state index in [9.17, 15) is 4.79 Å². The van der Waals surface area contributed by atoms with Crippen LogP contribution in [0.4, 0.5) is 0 Å². The van der Waals surface area contributed by atoms with Crippen molar-refractivity contribution in [1.82, 2.24) is 10.3 Å². The lowest BCUT2D eigenvalue weighted by molar-refractivity contribution is -0.118. The van der Waals surface area contributed by atoms with Crippen molar-refractivity contribution in [3.63, 3.8) is 0 Å². The molecule has 1 heterocycles. The van der Waals surface area contributed by atoms with Gasteiger partial charge in [-0.2, -0.15) is 0 Å². The Morgan fingerprint density at radius 3 is 2.78 bits per heavy atom. The molecule has 4 nitrogen and oxygen atoms in total. The molecule has 166 valence electrons. The molecule has 0 radical (unpaired) electrons. The first-order valence-electron chi connectivity index (χ1n) is 10.9. The van der Waals surface area contributed by atoms with Gasteiger partial charge in [-0.25, -0.2) is 4.98 Å². The molecular weight excluding hydrogens is 416 g/mol. The molecule has 0 bridgehead atoms. The number of fused-ring (bicyclic) bond motifs is 1. The fraction of sp³-hybridized carbons (Fsp3) is 0.333. The predicted molar refractivity (Wildman–Crippen MR) is 134 cm³/mol. The van der Waals surface area contributed by atoms with Gasteiger partial charge in [-0.1, -0.05) is 24.1 Å². The number of carbonyl (C=O) groups is 1. The lowest BCUT2D eigenvalue weighted by atomic mass is 10.0. The van der Waals surface area contributed by atoms with E-state index >= 15 is 0 Å². The quantitative estimate of drug-likeness (QED) is 0.573. The molecule has 2 aliphatic rings. The van der Waals surface area contributed by atoms with Crippen molar-refractivity contribution in [1.29, 1.82) is 0 Å². The van der Waals surface area contributed by atoms with Gasteiger partial charge < -0.3 is 10.1 Å². The van der Waals surface area contributed by atoms with Crippen LogP contribution in [-0.4, -0.2) is 24.0 Å². The first kappa shape index (κ1) is 23.6. The van der Waals surface area contributed by atoms with Gasteiger partial charge in [-0.15, -0.1) is 17.8 Å². The Bertz CT molecular complexity index is 1110. The van der Waals surface area contributed by atoms with E-state index in [1.165, 1.54) is 47.8 Å². The predicted octanol–water partition coefficient (Wildman–Crippen LogP) is 6.15. The lowest BCUT2D eigenvalue weighted by Crippen LogP contribution is -2.11. The van der Waals surface area contributed by atoms with Crippen LogP contribution in [0.25, 0.3) is 16.1 Å². The minimum atomic E-state index is 0.00463. The molecule has 2 aliphatic carbocycles. The van der Waals surface area contributed by atoms with E-state index in [4.69, 9.17) is 16.1 Å². The van der Waals surface area contributed by atoms with Crippen molar-refractivity contribution < 1.29 is 9.53 Å². The highest BCUT2D eigenvalue weighted by atomic mass is 32.1. The number of hydrogen-bond donors (Lipinski definition) is 1. The molecule has 4 rings (SSSR count). The third-order valence-electron chi connectivity index (χ3n) is 5.24. The monoisotopic (exact) mass is 446 g/mol. The van der Waals surface area contributed by atoms with Crippen molar-refractivity contribution in [2.24, 2.45) is 0 Å². The summed E-state index contributed by atoms with van der Waals surface area (Å²) in [7, 11) is 1.60. The van der Waals surface area contributed by atoms with Crippen LogP contribution in [0.5, 0.6) is 5.75 Å². The number of aromatic nitrogens is 1. The molecule has 5 heteroatoms. The fourth-order valence-corrected chi connectivity index (χ4v) is 4.66. The fourth-order valence-electron chi connectivity index (χ4n) is 3.69. The Morgan fingerprint density at radius 2 is 2.09 bits per heavy atom. The molecule has 0 spiro atoms. The summed E-state index contributed by atoms with van der Waals surface area (Å²) in [6.45, 7) is 5.48. The molecule has 0 saturated heterocycles. The minimum absolute atomic E-state index is 0.00463. The van der Waals surface area contributed by atoms with Gasteiger partial charge in [-0.3, -0.25) is 4.79 Å². The molecule has 32 heavy (non-hydrogen) atoms. The zero-order valence-corrected chi connectivity index (χ0v) is 20.0. The number of hydrogen-bond acceptors (Lipinski definition) is 4. The second kappa shape index (κ2) is 11.0. The largest absolute Gasteiger partial charge is 0.490 e. The zero-order chi connectivity index (χ0) is 23.1. The Labute approximate surface area is 195 Å². The number of terminal acetylenes is 1. The van der Waals surface area contributed by atoms with Crippen LogP contribution < -0.4 is 10.1 Å². The van der Waals surface area contributed by atoms with E-state index in [2.05, 4.69) is 29.5 Å². The van der Waals surface area contributed by atoms with Crippen LogP contribution in [0.1, 0.15) is 56.9 Å². The van der Waals surface area contributed by atoms with Crippen molar-refractivity contribution >= 4 is 22.8 Å². The Hall–Kier alpha value is -3.10. The summed E-state index contributed by atoms with van der Waals surface area (Å²) in [5.41, 5.74) is 6.19. The van der Waals surface area contributed by atoms with Crippen LogP contribution in [0.3, 0.4) is 0 Å². The summed E-state index contributed by atoms with van der Waals surface area (Å²) < 4.78 is 5.81. The van der Waals surface area contributed by atoms with E-state index in [1.54, 1.807) is 18.4 Å². The molecule has 1 amide bonds. The summed E-state index contributed by atoms with van der Waals surface area (Å²) in [6, 6.07) is 6.00. The highest BCUT2D eigenvalue weighted by molar-refractivity contribution is 7.16. The van der Waals surface area contributed by atoms with Crippen molar-refractivity contribution in [3.8, 4) is 28.7 Å². The summed E-state index contributed by atoms with van der Waals surface area (Å²) in [5, 5.41) is 3.38. The van der Waals surface area contributed by atoms with Crippen LogP contribution in [0.15, 0.2) is 53.8 Å². The molecule has 0 unspecified atom stereocenters. The minimum Gasteiger partial charge on any atom is -0.490 e. The number of carbonyl (C=O) groups excluding carboxylic acids is 1. The van der Waals surface area contributed by atoms with Gasteiger partial charge in [-0.05, 0) is 74.4 Å². The maximum absolute atomic E-state index is 9.70. The van der Waals surface area contributed by atoms with Gasteiger partial charge in [0.25, 0.3) is 0 Å². The number of benzene rings is 1. The smallest absolute Gasteiger partial charge is 0.216 e. The molecule has 1 saturated carbocycles. The molecule has 2 aromatic rings. The third-order valence-corrected chi connectivity index (χ3v) is 6.32. The third kappa shape index (κ3) is 5.77. The van der Waals surface area contributed by atoms with E-state index < -0.39 is 0 Å². The molecule has 1 aromatic heterocycles. The molecule has 0 aliphatic heterocycles. The van der Waals surface area contributed by atoms with Gasteiger partial charge in [0.05, 0.1) is 16.5 Å². The first-order valence-corrected chi connectivity index (χ1v) is 11.8. The first-order chi connectivity index (χ1) is 15.4. The highest BCUT2D eigenvalue weighted by Gasteiger charge is 2.20. The summed E-state index contributed by atoms with van der Waals surface area (Å²) in [5.74, 6) is 3.50. The topological polar surface area (TPSA) is 51.2 Å². The maximum Gasteiger partial charge on any atom is 0.216 e. The van der Waals surface area contributed by atoms with Crippen molar-refractivity contribution in [3.05, 3.63) is 64.2 Å². The number of nitrogens with zero attached hydrogens (tertiary/aromatic N) is 1. The molecular formula is C27H30N2O2S. The van der Waals surface area contributed by atoms with E-state index in [0.717, 1.165) is 28.3 Å². The van der Waals surface area contributed by atoms with Crippen LogP contribution in [0.2, 0.25) is 0 Å². The Kier molecular flexibility index (Phi) is 8.08. The van der Waals surface area contributed by atoms with Gasteiger partial charge >= 0.3 is 0 Å². The number of rotatable bonds is 4. The average molecular weight is 447 g/mol. The summed E-state index contributed by atoms with van der Waals surface area (Å²) in [4.78, 5) is 15.6. The maximum atomic E-state index is 9.70. The number of ether oxygens (including phenoxy) is 1. The van der Waals surface area contributed by atoms with E-state index in [0.29, 0.717) is 0 Å². The number of amides is 1. The molecule has 1 aromatic carbocycles. The number of nitrogens with one attached hydrogen (secondary N) is 1. The molecule has 1 fully saturated rings. The Morgan fingerprint density at radius 1 is 1.31 bits per heavy atom. The zero-order valence-electron chi connectivity index (χ0n) is 19.2. The summed E-state index contributed by atoms with van der Waals surface area (Å²) in [6.07, 6.45) is 19.4.